The molecular formula is C9H19NO. The molecule has 0 rings (SSSR count). The molecule has 0 spiro atoms. The zero-order chi connectivity index (χ0) is 8.85. The molecule has 0 aliphatic rings. The minimum atomic E-state index is -0.192. The van der Waals surface area contributed by atoms with Gasteiger partial charge in [-0.25, -0.2) is 0 Å². The van der Waals surface area contributed by atoms with Crippen molar-refractivity contribution in [3.8, 4) is 0 Å². The molecule has 0 aromatic heterocycles. The van der Waals surface area contributed by atoms with Crippen LogP contribution in [0.4, 0.5) is 0 Å². The summed E-state index contributed by atoms with van der Waals surface area (Å²) >= 11 is 0. The van der Waals surface area contributed by atoms with E-state index in [4.69, 9.17) is 5.11 Å². The first kappa shape index (κ1) is 10.7. The third-order valence-corrected chi connectivity index (χ3v) is 1.47. The first-order valence-electron chi connectivity index (χ1n) is 4.03. The van der Waals surface area contributed by atoms with Crippen LogP contribution in [0, 0.1) is 0 Å². The Balaban J connectivity index is 3.37. The van der Waals surface area contributed by atoms with Crippen LogP contribution >= 0.6 is 0 Å². The first-order chi connectivity index (χ1) is 5.02. The van der Waals surface area contributed by atoms with E-state index in [9.17, 15) is 0 Å². The van der Waals surface area contributed by atoms with Crippen LogP contribution < -0.4 is 0 Å². The molecule has 0 heterocycles. The fraction of sp³-hybridized carbons (Fsp3) is 0.778. The zero-order valence-corrected chi connectivity index (χ0v) is 7.80. The van der Waals surface area contributed by atoms with Gasteiger partial charge in [-0.3, -0.25) is 0 Å². The standard InChI is InChI=1S/C9H19NO/c1-8(2)7-10(4)6-5-9(3)11/h9,11H,1,5-7H2,2-4H3. The van der Waals surface area contributed by atoms with Crippen LogP contribution in [-0.4, -0.2) is 36.2 Å². The smallest absolute Gasteiger partial charge is 0.0524 e. The molecule has 0 aromatic rings. The Morgan fingerprint density at radius 2 is 2.18 bits per heavy atom. The van der Waals surface area contributed by atoms with E-state index < -0.39 is 0 Å². The normalized spacial score (nSPS) is 13.5. The van der Waals surface area contributed by atoms with Crippen LogP contribution in [0.25, 0.3) is 0 Å². The Bertz CT molecular complexity index is 121. The van der Waals surface area contributed by atoms with Gasteiger partial charge in [-0.1, -0.05) is 12.2 Å². The Morgan fingerprint density at radius 1 is 1.64 bits per heavy atom. The second-order valence-electron chi connectivity index (χ2n) is 3.33. The number of likely N-dealkylation sites (N-methyl/N-ethyl adjacent to an activating group) is 1. The maximum atomic E-state index is 8.99. The van der Waals surface area contributed by atoms with Gasteiger partial charge in [0, 0.05) is 13.1 Å². The molecule has 0 radical (unpaired) electrons. The SMILES string of the molecule is C=C(C)CN(C)CCC(C)O. The fourth-order valence-corrected chi connectivity index (χ4v) is 0.947. The average Bonchev–Trinajstić information content (AvgIpc) is 1.82. The van der Waals surface area contributed by atoms with Gasteiger partial charge < -0.3 is 10.0 Å². The van der Waals surface area contributed by atoms with Gasteiger partial charge in [-0.2, -0.15) is 0 Å². The molecular weight excluding hydrogens is 138 g/mol. The van der Waals surface area contributed by atoms with E-state index >= 15 is 0 Å². The van der Waals surface area contributed by atoms with Crippen LogP contribution in [0.15, 0.2) is 12.2 Å². The number of rotatable bonds is 5. The lowest BCUT2D eigenvalue weighted by molar-refractivity contribution is 0.167. The van der Waals surface area contributed by atoms with Gasteiger partial charge in [0.1, 0.15) is 0 Å². The lowest BCUT2D eigenvalue weighted by Gasteiger charge is -2.16. The summed E-state index contributed by atoms with van der Waals surface area (Å²) in [5.74, 6) is 0. The molecule has 66 valence electrons. The van der Waals surface area contributed by atoms with E-state index in [1.54, 1.807) is 0 Å². The van der Waals surface area contributed by atoms with Gasteiger partial charge in [0.25, 0.3) is 0 Å². The van der Waals surface area contributed by atoms with Crippen molar-refractivity contribution in [3.05, 3.63) is 12.2 Å². The van der Waals surface area contributed by atoms with Crippen molar-refractivity contribution >= 4 is 0 Å². The summed E-state index contributed by atoms with van der Waals surface area (Å²) in [6, 6.07) is 0. The minimum absolute atomic E-state index is 0.192. The maximum Gasteiger partial charge on any atom is 0.0524 e. The Kier molecular flexibility index (Phi) is 5.16. The largest absolute Gasteiger partial charge is 0.393 e. The third-order valence-electron chi connectivity index (χ3n) is 1.47. The Labute approximate surface area is 69.5 Å². The van der Waals surface area contributed by atoms with Gasteiger partial charge >= 0.3 is 0 Å². The molecule has 1 N–H and O–H groups in total. The number of nitrogens with zero attached hydrogens (tertiary/aromatic N) is 1. The number of aliphatic hydroxyl groups excluding tert-OH is 1. The molecule has 1 unspecified atom stereocenters. The van der Waals surface area contributed by atoms with Crippen molar-refractivity contribution in [2.75, 3.05) is 20.1 Å². The summed E-state index contributed by atoms with van der Waals surface area (Å²) in [5, 5.41) is 8.99. The molecule has 0 bridgehead atoms. The van der Waals surface area contributed by atoms with Crippen LogP contribution in [-0.2, 0) is 0 Å². The Hall–Kier alpha value is -0.340. The molecule has 0 aromatic carbocycles. The maximum absolute atomic E-state index is 8.99. The van der Waals surface area contributed by atoms with E-state index in [0.29, 0.717) is 0 Å². The quantitative estimate of drug-likeness (QED) is 0.607. The number of hydrogen-bond donors (Lipinski definition) is 1. The lowest BCUT2D eigenvalue weighted by Crippen LogP contribution is -2.23. The summed E-state index contributed by atoms with van der Waals surface area (Å²) in [4.78, 5) is 2.16. The molecule has 0 saturated heterocycles. The molecule has 1 atom stereocenters. The first-order valence-corrected chi connectivity index (χ1v) is 4.03. The van der Waals surface area contributed by atoms with Crippen LogP contribution in [0.1, 0.15) is 20.3 Å². The lowest BCUT2D eigenvalue weighted by atomic mass is 10.2. The van der Waals surface area contributed by atoms with Gasteiger partial charge in [0.2, 0.25) is 0 Å². The summed E-state index contributed by atoms with van der Waals surface area (Å²) in [6.07, 6.45) is 0.645. The molecule has 0 aliphatic heterocycles. The average molecular weight is 157 g/mol. The molecule has 0 fully saturated rings. The van der Waals surface area contributed by atoms with Gasteiger partial charge in [-0.05, 0) is 27.3 Å². The summed E-state index contributed by atoms with van der Waals surface area (Å²) < 4.78 is 0. The zero-order valence-electron chi connectivity index (χ0n) is 7.80. The highest BCUT2D eigenvalue weighted by atomic mass is 16.3. The summed E-state index contributed by atoms with van der Waals surface area (Å²) in [5.41, 5.74) is 1.16. The van der Waals surface area contributed by atoms with E-state index in [0.717, 1.165) is 25.1 Å². The minimum Gasteiger partial charge on any atom is -0.393 e. The van der Waals surface area contributed by atoms with Crippen molar-refractivity contribution in [1.29, 1.82) is 0 Å². The van der Waals surface area contributed by atoms with Crippen molar-refractivity contribution < 1.29 is 5.11 Å². The Morgan fingerprint density at radius 3 is 2.55 bits per heavy atom. The van der Waals surface area contributed by atoms with E-state index in [2.05, 4.69) is 11.5 Å². The fourth-order valence-electron chi connectivity index (χ4n) is 0.947. The van der Waals surface area contributed by atoms with Crippen molar-refractivity contribution in [1.82, 2.24) is 4.90 Å². The van der Waals surface area contributed by atoms with E-state index in [-0.39, 0.29) is 6.10 Å². The molecule has 2 heteroatoms. The van der Waals surface area contributed by atoms with Gasteiger partial charge in [-0.15, -0.1) is 0 Å². The van der Waals surface area contributed by atoms with Crippen LogP contribution in [0.3, 0.4) is 0 Å². The summed E-state index contributed by atoms with van der Waals surface area (Å²) in [7, 11) is 2.04. The van der Waals surface area contributed by atoms with Crippen molar-refractivity contribution in [2.24, 2.45) is 0 Å². The van der Waals surface area contributed by atoms with E-state index in [1.165, 1.54) is 0 Å². The summed E-state index contributed by atoms with van der Waals surface area (Å²) in [6.45, 7) is 9.50. The van der Waals surface area contributed by atoms with Crippen molar-refractivity contribution in [3.63, 3.8) is 0 Å². The van der Waals surface area contributed by atoms with E-state index in [1.807, 2.05) is 20.9 Å². The number of hydrogen-bond acceptors (Lipinski definition) is 2. The molecule has 0 amide bonds. The van der Waals surface area contributed by atoms with Gasteiger partial charge in [0.05, 0.1) is 6.10 Å². The highest BCUT2D eigenvalue weighted by Gasteiger charge is 2.00. The highest BCUT2D eigenvalue weighted by molar-refractivity contribution is 4.90. The molecule has 0 saturated carbocycles. The molecule has 11 heavy (non-hydrogen) atoms. The highest BCUT2D eigenvalue weighted by Crippen LogP contribution is 1.96. The molecule has 2 nitrogen and oxygen atoms in total. The van der Waals surface area contributed by atoms with Crippen LogP contribution in [0.2, 0.25) is 0 Å². The van der Waals surface area contributed by atoms with Crippen molar-refractivity contribution in [2.45, 2.75) is 26.4 Å². The predicted octanol–water partition coefficient (Wildman–Crippen LogP) is 1.27. The second kappa shape index (κ2) is 5.33. The molecule has 0 aliphatic carbocycles. The van der Waals surface area contributed by atoms with Gasteiger partial charge in [0.15, 0.2) is 0 Å². The predicted molar refractivity (Wildman–Crippen MR) is 48.6 cm³/mol. The monoisotopic (exact) mass is 157 g/mol. The second-order valence-corrected chi connectivity index (χ2v) is 3.33. The topological polar surface area (TPSA) is 23.5 Å². The third kappa shape index (κ3) is 7.56. The number of aliphatic hydroxyl groups is 1. The van der Waals surface area contributed by atoms with Crippen LogP contribution in [0.5, 0.6) is 0 Å².